The minimum atomic E-state index is -0.218. The van der Waals surface area contributed by atoms with Crippen LogP contribution >= 0.6 is 0 Å². The monoisotopic (exact) mass is 346 g/mol. The zero-order chi connectivity index (χ0) is 17.8. The minimum Gasteiger partial charge on any atom is -0.349 e. The number of nitrogens with one attached hydrogen (secondary N) is 1. The zero-order valence-corrected chi connectivity index (χ0v) is 14.7. The third kappa shape index (κ3) is 4.03. The van der Waals surface area contributed by atoms with Gasteiger partial charge in [-0.3, -0.25) is 9.59 Å². The van der Waals surface area contributed by atoms with Crippen molar-refractivity contribution in [3.63, 3.8) is 0 Å². The highest BCUT2D eigenvalue weighted by Gasteiger charge is 2.28. The third-order valence-corrected chi connectivity index (χ3v) is 5.08. The van der Waals surface area contributed by atoms with Gasteiger partial charge < -0.3 is 19.7 Å². The van der Waals surface area contributed by atoms with E-state index >= 15 is 0 Å². The van der Waals surface area contributed by atoms with Gasteiger partial charge in [-0.25, -0.2) is 4.79 Å². The topological polar surface area (TPSA) is 74.7 Å². The van der Waals surface area contributed by atoms with Crippen molar-refractivity contribution in [2.24, 2.45) is 0 Å². The molecule has 1 aromatic heterocycles. The molecule has 25 heavy (non-hydrogen) atoms. The number of carbonyl (C=O) groups excluding carboxylic acids is 2. The number of aromatic nitrogens is 1. The first-order valence-electron chi connectivity index (χ1n) is 9.13. The van der Waals surface area contributed by atoms with Crippen LogP contribution in [-0.4, -0.2) is 58.5 Å². The van der Waals surface area contributed by atoms with Crippen LogP contribution in [0.5, 0.6) is 0 Å². The molecule has 0 spiro atoms. The predicted octanol–water partition coefficient (Wildman–Crippen LogP) is 1.28. The van der Waals surface area contributed by atoms with Crippen molar-refractivity contribution in [2.45, 2.75) is 45.2 Å². The van der Waals surface area contributed by atoms with Gasteiger partial charge in [0.05, 0.1) is 0 Å². The summed E-state index contributed by atoms with van der Waals surface area (Å²) in [6.45, 7) is 5.52. The second-order valence-electron chi connectivity index (χ2n) is 6.75. The van der Waals surface area contributed by atoms with Gasteiger partial charge in [0, 0.05) is 56.6 Å². The van der Waals surface area contributed by atoms with E-state index in [9.17, 15) is 14.4 Å². The van der Waals surface area contributed by atoms with E-state index in [2.05, 4.69) is 5.32 Å². The number of nitrogens with zero attached hydrogens (tertiary/aromatic N) is 3. The van der Waals surface area contributed by atoms with E-state index in [1.807, 2.05) is 16.7 Å². The Morgan fingerprint density at radius 1 is 1.12 bits per heavy atom. The van der Waals surface area contributed by atoms with Crippen molar-refractivity contribution in [1.29, 1.82) is 0 Å². The first-order valence-corrected chi connectivity index (χ1v) is 9.13. The number of likely N-dealkylation sites (tertiary alicyclic amines) is 2. The third-order valence-electron chi connectivity index (χ3n) is 5.08. The number of hydrogen-bond donors (Lipinski definition) is 1. The molecule has 0 aliphatic carbocycles. The second kappa shape index (κ2) is 7.72. The Bertz CT molecular complexity index is 686. The fourth-order valence-electron chi connectivity index (χ4n) is 3.50. The van der Waals surface area contributed by atoms with E-state index in [4.69, 9.17) is 0 Å². The van der Waals surface area contributed by atoms with Crippen LogP contribution in [0.25, 0.3) is 0 Å². The molecule has 2 aliphatic rings. The molecule has 0 aromatic carbocycles. The van der Waals surface area contributed by atoms with E-state index in [1.165, 1.54) is 6.07 Å². The van der Waals surface area contributed by atoms with Gasteiger partial charge in [0.15, 0.2) is 0 Å². The van der Waals surface area contributed by atoms with Crippen molar-refractivity contribution in [3.05, 3.63) is 34.2 Å². The molecule has 0 bridgehead atoms. The molecule has 2 aliphatic heterocycles. The normalized spacial score (nSPS) is 18.4. The molecule has 0 atom stereocenters. The maximum absolute atomic E-state index is 12.4. The van der Waals surface area contributed by atoms with Crippen LogP contribution in [0.3, 0.4) is 0 Å². The number of aryl methyl sites for hydroxylation is 1. The SMILES string of the molecule is CCn1ccc(C(=O)NC2CCN(C(=O)N3CCCC3)CC2)cc1=O. The molecule has 3 heterocycles. The van der Waals surface area contributed by atoms with Crippen LogP contribution in [0.4, 0.5) is 4.79 Å². The van der Waals surface area contributed by atoms with E-state index in [0.717, 1.165) is 38.8 Å². The molecule has 7 heteroatoms. The van der Waals surface area contributed by atoms with Crippen LogP contribution in [0.1, 0.15) is 43.0 Å². The fraction of sp³-hybridized carbons (Fsp3) is 0.611. The molecular formula is C18H26N4O3. The van der Waals surface area contributed by atoms with Crippen molar-refractivity contribution >= 4 is 11.9 Å². The first-order chi connectivity index (χ1) is 12.1. The van der Waals surface area contributed by atoms with Crippen LogP contribution in [-0.2, 0) is 6.54 Å². The summed E-state index contributed by atoms with van der Waals surface area (Å²) in [5, 5.41) is 2.99. The second-order valence-corrected chi connectivity index (χ2v) is 6.75. The molecule has 1 aromatic rings. The summed E-state index contributed by atoms with van der Waals surface area (Å²) in [6.07, 6.45) is 5.33. The maximum Gasteiger partial charge on any atom is 0.319 e. The van der Waals surface area contributed by atoms with Crippen LogP contribution < -0.4 is 10.9 Å². The highest BCUT2D eigenvalue weighted by molar-refractivity contribution is 5.94. The Kier molecular flexibility index (Phi) is 5.40. The van der Waals surface area contributed by atoms with Gasteiger partial charge in [-0.05, 0) is 38.7 Å². The number of hydrogen-bond acceptors (Lipinski definition) is 3. The lowest BCUT2D eigenvalue weighted by Crippen LogP contribution is -2.50. The molecule has 136 valence electrons. The van der Waals surface area contributed by atoms with Gasteiger partial charge in [-0.2, -0.15) is 0 Å². The minimum absolute atomic E-state index is 0.0451. The Hall–Kier alpha value is -2.31. The average molecular weight is 346 g/mol. The standard InChI is InChI=1S/C18H26N4O3/c1-2-20-10-5-14(13-16(20)23)17(24)19-15-6-11-22(12-7-15)18(25)21-8-3-4-9-21/h5,10,13,15H,2-4,6-9,11-12H2,1H3,(H,19,24). The lowest BCUT2D eigenvalue weighted by Gasteiger charge is -2.34. The Morgan fingerprint density at radius 2 is 1.76 bits per heavy atom. The quantitative estimate of drug-likeness (QED) is 0.896. The van der Waals surface area contributed by atoms with Crippen molar-refractivity contribution in [1.82, 2.24) is 19.7 Å². The van der Waals surface area contributed by atoms with E-state index in [0.29, 0.717) is 25.2 Å². The molecule has 3 amide bonds. The van der Waals surface area contributed by atoms with Gasteiger partial charge in [0.2, 0.25) is 0 Å². The maximum atomic E-state index is 12.4. The zero-order valence-electron chi connectivity index (χ0n) is 14.7. The first kappa shape index (κ1) is 17.5. The number of amides is 3. The van der Waals surface area contributed by atoms with E-state index in [1.54, 1.807) is 16.8 Å². The number of urea groups is 1. The fourth-order valence-corrected chi connectivity index (χ4v) is 3.50. The Morgan fingerprint density at radius 3 is 2.36 bits per heavy atom. The summed E-state index contributed by atoms with van der Waals surface area (Å²) in [5.74, 6) is -0.218. The van der Waals surface area contributed by atoms with Crippen LogP contribution in [0.2, 0.25) is 0 Å². The summed E-state index contributed by atoms with van der Waals surface area (Å²) >= 11 is 0. The van der Waals surface area contributed by atoms with Crippen molar-refractivity contribution < 1.29 is 9.59 Å². The Labute approximate surface area is 147 Å². The highest BCUT2D eigenvalue weighted by atomic mass is 16.2. The van der Waals surface area contributed by atoms with Gasteiger partial charge in [-0.15, -0.1) is 0 Å². The summed E-state index contributed by atoms with van der Waals surface area (Å²) in [6, 6.07) is 3.23. The van der Waals surface area contributed by atoms with Crippen LogP contribution in [0, 0.1) is 0 Å². The largest absolute Gasteiger partial charge is 0.349 e. The van der Waals surface area contributed by atoms with Gasteiger partial charge in [-0.1, -0.05) is 0 Å². The lowest BCUT2D eigenvalue weighted by molar-refractivity contribution is 0.0912. The lowest BCUT2D eigenvalue weighted by atomic mass is 10.0. The number of pyridine rings is 1. The number of rotatable bonds is 3. The van der Waals surface area contributed by atoms with E-state index in [-0.39, 0.29) is 23.5 Å². The molecule has 3 rings (SSSR count). The molecular weight excluding hydrogens is 320 g/mol. The molecule has 0 saturated carbocycles. The summed E-state index contributed by atoms with van der Waals surface area (Å²) in [4.78, 5) is 40.4. The molecule has 0 radical (unpaired) electrons. The van der Waals surface area contributed by atoms with Crippen molar-refractivity contribution in [2.75, 3.05) is 26.2 Å². The van der Waals surface area contributed by atoms with Gasteiger partial charge in [0.25, 0.3) is 11.5 Å². The highest BCUT2D eigenvalue weighted by Crippen LogP contribution is 2.16. The van der Waals surface area contributed by atoms with Gasteiger partial charge >= 0.3 is 6.03 Å². The summed E-state index contributed by atoms with van der Waals surface area (Å²) in [7, 11) is 0. The van der Waals surface area contributed by atoms with Gasteiger partial charge in [0.1, 0.15) is 0 Å². The molecule has 2 fully saturated rings. The summed E-state index contributed by atoms with van der Waals surface area (Å²) in [5.41, 5.74) is 0.228. The predicted molar refractivity (Wildman–Crippen MR) is 94.6 cm³/mol. The Balaban J connectivity index is 1.51. The average Bonchev–Trinajstić information content (AvgIpc) is 3.16. The molecule has 1 N–H and O–H groups in total. The molecule has 2 saturated heterocycles. The number of piperidine rings is 1. The van der Waals surface area contributed by atoms with Crippen LogP contribution in [0.15, 0.2) is 23.1 Å². The molecule has 0 unspecified atom stereocenters. The van der Waals surface area contributed by atoms with Crippen molar-refractivity contribution in [3.8, 4) is 0 Å². The van der Waals surface area contributed by atoms with E-state index < -0.39 is 0 Å². The number of carbonyl (C=O) groups is 2. The molecule has 7 nitrogen and oxygen atoms in total. The smallest absolute Gasteiger partial charge is 0.319 e. The summed E-state index contributed by atoms with van der Waals surface area (Å²) < 4.78 is 1.55.